The van der Waals surface area contributed by atoms with Gasteiger partial charge in [0.1, 0.15) is 0 Å². The molecule has 1 aliphatic carbocycles. The molecule has 0 spiro atoms. The lowest BCUT2D eigenvalue weighted by Gasteiger charge is -2.18. The zero-order valence-electron chi connectivity index (χ0n) is 11.0. The third-order valence-electron chi connectivity index (χ3n) is 3.61. The van der Waals surface area contributed by atoms with Crippen molar-refractivity contribution in [1.29, 1.82) is 0 Å². The van der Waals surface area contributed by atoms with Gasteiger partial charge in [0.15, 0.2) is 0 Å². The average Bonchev–Trinajstić information content (AvgIpc) is 2.75. The summed E-state index contributed by atoms with van der Waals surface area (Å²) in [6, 6.07) is 13.5. The van der Waals surface area contributed by atoms with Crippen LogP contribution in [0.2, 0.25) is 0 Å². The van der Waals surface area contributed by atoms with Crippen molar-refractivity contribution in [2.75, 3.05) is 0 Å². The van der Waals surface area contributed by atoms with E-state index < -0.39 is 22.2 Å². The Morgan fingerprint density at radius 3 is 2.48 bits per heavy atom. The zero-order chi connectivity index (χ0) is 15.0. The number of halogens is 1. The predicted molar refractivity (Wildman–Crippen MR) is 88.4 cm³/mol. The van der Waals surface area contributed by atoms with Crippen molar-refractivity contribution in [2.45, 2.75) is 23.5 Å². The molecule has 21 heavy (non-hydrogen) atoms. The molecule has 2 atom stereocenters. The highest BCUT2D eigenvalue weighted by molar-refractivity contribution is 14.1. The molecule has 4 nitrogen and oxygen atoms in total. The number of aliphatic hydroxyl groups is 1. The monoisotopic (exact) mass is 415 g/mol. The number of fused-ring (bicyclic) bond motifs is 1. The lowest BCUT2D eigenvalue weighted by molar-refractivity contribution is 0.151. The fourth-order valence-electron chi connectivity index (χ4n) is 2.56. The fraction of sp³-hybridized carbons (Fsp3) is 0.200. The van der Waals surface area contributed by atoms with Gasteiger partial charge in [-0.1, -0.05) is 24.3 Å². The molecule has 0 aliphatic heterocycles. The minimum atomic E-state index is -3.65. The molecule has 0 radical (unpaired) electrons. The van der Waals surface area contributed by atoms with Crippen LogP contribution in [0.3, 0.4) is 0 Å². The number of sulfonamides is 1. The van der Waals surface area contributed by atoms with Crippen LogP contribution >= 0.6 is 22.6 Å². The maximum absolute atomic E-state index is 12.4. The van der Waals surface area contributed by atoms with Crippen LogP contribution in [0.25, 0.3) is 0 Å². The minimum Gasteiger partial charge on any atom is -0.391 e. The van der Waals surface area contributed by atoms with Gasteiger partial charge < -0.3 is 5.11 Å². The summed E-state index contributed by atoms with van der Waals surface area (Å²) in [5, 5.41) is 10.1. The highest BCUT2D eigenvalue weighted by Gasteiger charge is 2.34. The summed E-state index contributed by atoms with van der Waals surface area (Å²) in [5.41, 5.74) is 1.83. The van der Waals surface area contributed by atoms with Crippen LogP contribution in [0.15, 0.2) is 53.4 Å². The van der Waals surface area contributed by atoms with E-state index in [2.05, 4.69) is 27.3 Å². The Hall–Kier alpha value is -0.960. The third kappa shape index (κ3) is 2.98. The smallest absolute Gasteiger partial charge is 0.241 e. The summed E-state index contributed by atoms with van der Waals surface area (Å²) in [5.74, 6) is 0. The van der Waals surface area contributed by atoms with Crippen LogP contribution < -0.4 is 4.72 Å². The highest BCUT2D eigenvalue weighted by atomic mass is 127. The molecule has 0 saturated heterocycles. The van der Waals surface area contributed by atoms with Crippen LogP contribution in [-0.4, -0.2) is 19.6 Å². The molecule has 0 bridgehead atoms. The van der Waals surface area contributed by atoms with Crippen molar-refractivity contribution in [3.05, 3.63) is 63.2 Å². The Morgan fingerprint density at radius 2 is 1.76 bits per heavy atom. The molecule has 3 rings (SSSR count). The summed E-state index contributed by atoms with van der Waals surface area (Å²) in [6.45, 7) is 0. The summed E-state index contributed by atoms with van der Waals surface area (Å²) < 4.78 is 28.4. The van der Waals surface area contributed by atoms with Gasteiger partial charge in [0, 0.05) is 9.99 Å². The summed E-state index contributed by atoms with van der Waals surface area (Å²) in [7, 11) is -3.65. The largest absolute Gasteiger partial charge is 0.391 e. The molecule has 2 aromatic rings. The summed E-state index contributed by atoms with van der Waals surface area (Å²) >= 11 is 2.12. The lowest BCUT2D eigenvalue weighted by atomic mass is 10.1. The molecule has 6 heteroatoms. The second-order valence-corrected chi connectivity index (χ2v) is 7.98. The van der Waals surface area contributed by atoms with Crippen molar-refractivity contribution in [1.82, 2.24) is 4.72 Å². The molecule has 1 aliphatic rings. The van der Waals surface area contributed by atoms with E-state index in [0.717, 1.165) is 14.7 Å². The van der Waals surface area contributed by atoms with Gasteiger partial charge in [-0.25, -0.2) is 13.1 Å². The maximum Gasteiger partial charge on any atom is 0.241 e. The first-order valence-corrected chi connectivity index (χ1v) is 9.07. The lowest BCUT2D eigenvalue weighted by Crippen LogP contribution is -2.33. The number of benzene rings is 2. The number of hydrogen-bond donors (Lipinski definition) is 2. The van der Waals surface area contributed by atoms with E-state index in [4.69, 9.17) is 0 Å². The van der Waals surface area contributed by atoms with Crippen LogP contribution in [0.5, 0.6) is 0 Å². The summed E-state index contributed by atoms with van der Waals surface area (Å²) in [6.07, 6.45) is -0.267. The molecule has 2 N–H and O–H groups in total. The molecule has 0 saturated carbocycles. The van der Waals surface area contributed by atoms with E-state index in [0.29, 0.717) is 6.42 Å². The second kappa shape index (κ2) is 5.68. The van der Waals surface area contributed by atoms with Crippen LogP contribution in [0.1, 0.15) is 17.2 Å². The predicted octanol–water partition coefficient (Wildman–Crippen LogP) is 2.23. The van der Waals surface area contributed by atoms with Gasteiger partial charge in [0.25, 0.3) is 0 Å². The second-order valence-electron chi connectivity index (χ2n) is 5.02. The van der Waals surface area contributed by atoms with Crippen LogP contribution in [-0.2, 0) is 16.4 Å². The Bertz CT molecular complexity index is 759. The van der Waals surface area contributed by atoms with Crippen molar-refractivity contribution >= 4 is 32.6 Å². The number of nitrogens with one attached hydrogen (secondary N) is 1. The van der Waals surface area contributed by atoms with E-state index in [1.165, 1.54) is 0 Å². The van der Waals surface area contributed by atoms with Gasteiger partial charge >= 0.3 is 0 Å². The first-order valence-electron chi connectivity index (χ1n) is 6.51. The first kappa shape index (κ1) is 15.0. The molecule has 110 valence electrons. The van der Waals surface area contributed by atoms with E-state index in [1.54, 1.807) is 24.3 Å². The fourth-order valence-corrected chi connectivity index (χ4v) is 4.17. The van der Waals surface area contributed by atoms with E-state index >= 15 is 0 Å². The van der Waals surface area contributed by atoms with Gasteiger partial charge in [-0.3, -0.25) is 0 Å². The summed E-state index contributed by atoms with van der Waals surface area (Å²) in [4.78, 5) is 0.208. The van der Waals surface area contributed by atoms with Crippen molar-refractivity contribution < 1.29 is 13.5 Å². The first-order chi connectivity index (χ1) is 9.97. The molecular formula is C15H14INO3S. The molecular weight excluding hydrogens is 401 g/mol. The molecule has 2 aromatic carbocycles. The minimum absolute atomic E-state index is 0.208. The number of aliphatic hydroxyl groups excluding tert-OH is 1. The van der Waals surface area contributed by atoms with Crippen molar-refractivity contribution in [3.8, 4) is 0 Å². The Balaban J connectivity index is 1.91. The maximum atomic E-state index is 12.4. The standard InChI is InChI=1S/C15H14INO3S/c16-11-5-7-12(8-6-11)21(19,20)17-15-13-4-2-1-3-10(13)9-14(15)18/h1-8,14-15,17-18H,9H2/t14-,15+/m0/s1. The normalized spacial score (nSPS) is 21.2. The average molecular weight is 415 g/mol. The Kier molecular flexibility index (Phi) is 4.04. The van der Waals surface area contributed by atoms with Crippen molar-refractivity contribution in [2.24, 2.45) is 0 Å². The van der Waals surface area contributed by atoms with Gasteiger partial charge in [-0.15, -0.1) is 0 Å². The SMILES string of the molecule is O=S(=O)(N[C@@H]1c2ccccc2C[C@@H]1O)c1ccc(I)cc1. The highest BCUT2D eigenvalue weighted by Crippen LogP contribution is 2.32. The van der Waals surface area contributed by atoms with Crippen molar-refractivity contribution in [3.63, 3.8) is 0 Å². The van der Waals surface area contributed by atoms with Crippen LogP contribution in [0, 0.1) is 3.57 Å². The van der Waals surface area contributed by atoms with Gasteiger partial charge in [-0.2, -0.15) is 0 Å². The molecule has 0 aromatic heterocycles. The third-order valence-corrected chi connectivity index (χ3v) is 5.79. The van der Waals surface area contributed by atoms with Gasteiger partial charge in [0.2, 0.25) is 10.0 Å². The topological polar surface area (TPSA) is 66.4 Å². The number of rotatable bonds is 3. The molecule has 0 heterocycles. The Morgan fingerprint density at radius 1 is 1.10 bits per heavy atom. The molecule has 0 unspecified atom stereocenters. The zero-order valence-corrected chi connectivity index (χ0v) is 14.0. The molecule has 0 fully saturated rings. The van der Waals surface area contributed by atoms with Crippen LogP contribution in [0.4, 0.5) is 0 Å². The van der Waals surface area contributed by atoms with E-state index in [9.17, 15) is 13.5 Å². The molecule has 0 amide bonds. The quantitative estimate of drug-likeness (QED) is 0.756. The van der Waals surface area contributed by atoms with E-state index in [1.807, 2.05) is 24.3 Å². The van der Waals surface area contributed by atoms with Gasteiger partial charge in [-0.05, 0) is 58.0 Å². The van der Waals surface area contributed by atoms with E-state index in [-0.39, 0.29) is 4.90 Å². The number of hydrogen-bond acceptors (Lipinski definition) is 3. The Labute approximate surface area is 137 Å². The van der Waals surface area contributed by atoms with Gasteiger partial charge in [0.05, 0.1) is 17.0 Å².